The fraction of sp³-hybridized carbons (Fsp3) is 0.600. The number of hydrogen-bond acceptors (Lipinski definition) is 4. The minimum atomic E-state index is -1.94. The van der Waals surface area contributed by atoms with Crippen molar-refractivity contribution in [3.05, 3.63) is 35.9 Å². The highest BCUT2D eigenvalue weighted by Gasteiger charge is 2.45. The van der Waals surface area contributed by atoms with Crippen molar-refractivity contribution in [2.24, 2.45) is 20.1 Å². The van der Waals surface area contributed by atoms with E-state index in [1.54, 1.807) is 0 Å². The van der Waals surface area contributed by atoms with E-state index >= 15 is 0 Å². The van der Waals surface area contributed by atoms with Gasteiger partial charge >= 0.3 is 0 Å². The highest BCUT2D eigenvalue weighted by molar-refractivity contribution is 6.77. The topological polar surface area (TPSA) is 31.2 Å². The van der Waals surface area contributed by atoms with Crippen molar-refractivity contribution in [3.63, 3.8) is 0 Å². The average Bonchev–Trinajstić information content (AvgIpc) is 2.43. The Bertz CT molecular complexity index is 718. The van der Waals surface area contributed by atoms with Gasteiger partial charge in [0, 0.05) is 34.7 Å². The molecule has 6 heteroatoms. The van der Waals surface area contributed by atoms with Gasteiger partial charge in [-0.3, -0.25) is 0 Å². The van der Waals surface area contributed by atoms with Gasteiger partial charge in [-0.05, 0) is 38.3 Å². The molecule has 0 aromatic heterocycles. The molecule has 0 fully saturated rings. The third kappa shape index (κ3) is 3.18. The summed E-state index contributed by atoms with van der Waals surface area (Å²) >= 11 is 0. The summed E-state index contributed by atoms with van der Waals surface area (Å²) < 4.78 is 15.3. The molecule has 0 atom stereocenters. The number of hydrogen-bond donors (Lipinski definition) is 0. The fourth-order valence-electron chi connectivity index (χ4n) is 3.57. The van der Waals surface area contributed by atoms with E-state index in [4.69, 9.17) is 9.32 Å². The highest BCUT2D eigenvalue weighted by Crippen LogP contribution is 2.41. The SMILES string of the molecule is CC(C)(C)C1=N[Si](C)(C)N2C=CN3C(=CC(C(C)(C)C)=N[Si]3(C)C)C2=C1. The highest BCUT2D eigenvalue weighted by atomic mass is 28.4. The van der Waals surface area contributed by atoms with Crippen LogP contribution >= 0.6 is 0 Å². The molecule has 0 saturated heterocycles. The molecule has 0 bridgehead atoms. The predicted octanol–water partition coefficient (Wildman–Crippen LogP) is 5.25. The van der Waals surface area contributed by atoms with Crippen LogP contribution in [0.2, 0.25) is 26.2 Å². The molecule has 3 rings (SSSR count). The third-order valence-corrected chi connectivity index (χ3v) is 9.91. The van der Waals surface area contributed by atoms with Gasteiger partial charge in [-0.15, -0.1) is 0 Å². The normalized spacial score (nSPS) is 24.2. The summed E-state index contributed by atoms with van der Waals surface area (Å²) in [5.41, 5.74) is 5.16. The molecule has 3 aliphatic rings. The molecular weight excluding hydrogens is 352 g/mol. The van der Waals surface area contributed by atoms with Crippen molar-refractivity contribution in [1.82, 2.24) is 9.13 Å². The average molecular weight is 387 g/mol. The van der Waals surface area contributed by atoms with Crippen molar-refractivity contribution in [2.45, 2.75) is 67.7 Å². The molecule has 26 heavy (non-hydrogen) atoms. The lowest BCUT2D eigenvalue weighted by molar-refractivity contribution is 0.535. The molecule has 0 spiro atoms. The number of fused-ring (bicyclic) bond motifs is 3. The van der Waals surface area contributed by atoms with Crippen LogP contribution in [0.4, 0.5) is 0 Å². The van der Waals surface area contributed by atoms with E-state index in [1.807, 2.05) is 0 Å². The summed E-state index contributed by atoms with van der Waals surface area (Å²) in [6.07, 6.45) is 9.11. The first kappa shape index (κ1) is 19.4. The zero-order valence-electron chi connectivity index (χ0n) is 18.1. The van der Waals surface area contributed by atoms with E-state index in [1.165, 1.54) is 22.8 Å². The summed E-state index contributed by atoms with van der Waals surface area (Å²) in [4.78, 5) is 0. The second-order valence-electron chi connectivity index (χ2n) is 10.6. The summed E-state index contributed by atoms with van der Waals surface area (Å²) in [7, 11) is -3.88. The molecule has 0 aromatic rings. The van der Waals surface area contributed by atoms with E-state index in [-0.39, 0.29) is 10.8 Å². The minimum Gasteiger partial charge on any atom is -0.353 e. The maximum absolute atomic E-state index is 5.20. The lowest BCUT2D eigenvalue weighted by Gasteiger charge is -2.49. The molecule has 3 heterocycles. The summed E-state index contributed by atoms with van der Waals surface area (Å²) in [5, 5.41) is 0. The van der Waals surface area contributed by atoms with Gasteiger partial charge in [-0.25, -0.2) is 0 Å². The van der Waals surface area contributed by atoms with E-state index in [9.17, 15) is 0 Å². The Labute approximate surface area is 161 Å². The van der Waals surface area contributed by atoms with E-state index < -0.39 is 16.8 Å². The lowest BCUT2D eigenvalue weighted by atomic mass is 9.87. The smallest absolute Gasteiger partial charge is 0.282 e. The van der Waals surface area contributed by atoms with Gasteiger partial charge in [0.2, 0.25) is 0 Å². The number of allylic oxidation sites excluding steroid dienone is 2. The van der Waals surface area contributed by atoms with Crippen LogP contribution in [0.3, 0.4) is 0 Å². The Kier molecular flexibility index (Phi) is 4.13. The van der Waals surface area contributed by atoms with Gasteiger partial charge in [0.15, 0.2) is 0 Å². The summed E-state index contributed by atoms with van der Waals surface area (Å²) in [6, 6.07) is 0. The third-order valence-electron chi connectivity index (χ3n) is 5.20. The Morgan fingerprint density at radius 1 is 0.654 bits per heavy atom. The van der Waals surface area contributed by atoms with Crippen LogP contribution in [0.15, 0.2) is 45.3 Å². The van der Waals surface area contributed by atoms with Crippen LogP contribution in [0.25, 0.3) is 0 Å². The molecule has 0 amide bonds. The molecule has 0 N–H and O–H groups in total. The maximum Gasteiger partial charge on any atom is 0.282 e. The molecule has 0 aliphatic carbocycles. The molecule has 0 saturated carbocycles. The number of nitrogens with zero attached hydrogens (tertiary/aromatic N) is 4. The van der Waals surface area contributed by atoms with Gasteiger partial charge in [0.1, 0.15) is 0 Å². The van der Waals surface area contributed by atoms with Crippen LogP contribution in [-0.2, 0) is 0 Å². The standard InChI is InChI=1S/C20H34N4Si2/c1-19(2,3)17-13-15-16-14-18(20(4,5)6)22-26(9,10)24(16)12-11-23(15)25(7,8)21-17/h11-14H,1-10H3. The van der Waals surface area contributed by atoms with Gasteiger partial charge in [0.25, 0.3) is 16.8 Å². The first-order chi connectivity index (χ1) is 11.6. The Morgan fingerprint density at radius 2 is 0.962 bits per heavy atom. The van der Waals surface area contributed by atoms with Crippen molar-refractivity contribution in [3.8, 4) is 0 Å². The van der Waals surface area contributed by atoms with E-state index in [0.29, 0.717) is 0 Å². The van der Waals surface area contributed by atoms with Crippen LogP contribution in [0, 0.1) is 10.8 Å². The summed E-state index contributed by atoms with van der Waals surface area (Å²) in [5.74, 6) is 0. The zero-order chi connectivity index (χ0) is 19.7. The first-order valence-corrected chi connectivity index (χ1v) is 15.3. The van der Waals surface area contributed by atoms with Crippen molar-refractivity contribution >= 4 is 28.2 Å². The van der Waals surface area contributed by atoms with Crippen LogP contribution in [0.1, 0.15) is 41.5 Å². The molecule has 4 nitrogen and oxygen atoms in total. The van der Waals surface area contributed by atoms with E-state index in [0.717, 1.165) is 0 Å². The van der Waals surface area contributed by atoms with Crippen LogP contribution < -0.4 is 0 Å². The van der Waals surface area contributed by atoms with Gasteiger partial charge in [0.05, 0.1) is 11.4 Å². The second-order valence-corrected chi connectivity index (χ2v) is 18.0. The van der Waals surface area contributed by atoms with Crippen molar-refractivity contribution < 1.29 is 0 Å². The first-order valence-electron chi connectivity index (χ1n) is 9.54. The molecular formula is C20H34N4Si2. The zero-order valence-corrected chi connectivity index (χ0v) is 20.1. The van der Waals surface area contributed by atoms with Gasteiger partial charge in [-0.2, -0.15) is 0 Å². The van der Waals surface area contributed by atoms with Gasteiger partial charge < -0.3 is 18.4 Å². The molecule has 142 valence electrons. The second kappa shape index (κ2) is 5.55. The molecule has 0 aromatic carbocycles. The van der Waals surface area contributed by atoms with Gasteiger partial charge in [-0.1, -0.05) is 41.5 Å². The quantitative estimate of drug-likeness (QED) is 0.533. The number of rotatable bonds is 0. The molecule has 0 radical (unpaired) electrons. The Morgan fingerprint density at radius 3 is 1.23 bits per heavy atom. The monoisotopic (exact) mass is 386 g/mol. The minimum absolute atomic E-state index is 0.0540. The Balaban J connectivity index is 2.22. The molecule has 3 aliphatic heterocycles. The lowest BCUT2D eigenvalue weighted by Crippen LogP contribution is -2.56. The predicted molar refractivity (Wildman–Crippen MR) is 118 cm³/mol. The van der Waals surface area contributed by atoms with Crippen LogP contribution in [-0.4, -0.2) is 37.3 Å². The largest absolute Gasteiger partial charge is 0.353 e. The fourth-order valence-corrected chi connectivity index (χ4v) is 8.17. The molecule has 0 unspecified atom stereocenters. The maximum atomic E-state index is 5.20. The van der Waals surface area contributed by atoms with E-state index in [2.05, 4.69) is 101 Å². The van der Waals surface area contributed by atoms with Crippen molar-refractivity contribution in [2.75, 3.05) is 0 Å². The Hall–Kier alpha value is -1.41. The van der Waals surface area contributed by atoms with Crippen LogP contribution in [0.5, 0.6) is 0 Å². The van der Waals surface area contributed by atoms with Crippen molar-refractivity contribution in [1.29, 1.82) is 0 Å². The summed E-state index contributed by atoms with van der Waals surface area (Å²) in [6.45, 7) is 22.9.